The third kappa shape index (κ3) is 2.01. The molecule has 5 heteroatoms. The van der Waals surface area contributed by atoms with Gasteiger partial charge in [-0.15, -0.1) is 10.2 Å². The van der Waals surface area contributed by atoms with Crippen molar-refractivity contribution in [2.24, 2.45) is 0 Å². The maximum absolute atomic E-state index is 5.58. The van der Waals surface area contributed by atoms with Gasteiger partial charge in [0.2, 0.25) is 11.8 Å². The Balaban J connectivity index is 2.02. The molecular weight excluding hydrogens is 252 g/mol. The zero-order valence-electron chi connectivity index (χ0n) is 12.5. The summed E-state index contributed by atoms with van der Waals surface area (Å²) in [6, 6.07) is 2.56. The number of nitrogens with zero attached hydrogens (tertiary/aromatic N) is 4. The average molecular weight is 274 g/mol. The van der Waals surface area contributed by atoms with E-state index < -0.39 is 0 Å². The number of anilines is 1. The van der Waals surface area contributed by atoms with Gasteiger partial charge in [-0.05, 0) is 44.7 Å². The summed E-state index contributed by atoms with van der Waals surface area (Å²) in [6.07, 6.45) is 5.36. The van der Waals surface area contributed by atoms with Gasteiger partial charge in [-0.3, -0.25) is 4.57 Å². The Morgan fingerprint density at radius 2 is 2.20 bits per heavy atom. The van der Waals surface area contributed by atoms with Crippen molar-refractivity contribution >= 4 is 5.95 Å². The normalized spacial score (nSPS) is 18.9. The summed E-state index contributed by atoms with van der Waals surface area (Å²) < 4.78 is 7.75. The second kappa shape index (κ2) is 5.31. The molecule has 3 rings (SSSR count). The molecule has 3 heterocycles. The molecule has 1 atom stereocenters. The SMILES string of the molecule is CCC1CCCN1c1nnc(-c2occc2C)n1CC. The molecule has 0 amide bonds. The van der Waals surface area contributed by atoms with Crippen LogP contribution in [0.4, 0.5) is 5.95 Å². The predicted molar refractivity (Wildman–Crippen MR) is 78.8 cm³/mol. The van der Waals surface area contributed by atoms with Gasteiger partial charge < -0.3 is 9.32 Å². The van der Waals surface area contributed by atoms with Crippen molar-refractivity contribution in [1.82, 2.24) is 14.8 Å². The van der Waals surface area contributed by atoms with Gasteiger partial charge in [-0.25, -0.2) is 0 Å². The summed E-state index contributed by atoms with van der Waals surface area (Å²) in [6.45, 7) is 8.34. The highest BCUT2D eigenvalue weighted by Gasteiger charge is 2.28. The first-order valence-corrected chi connectivity index (χ1v) is 7.50. The molecule has 1 unspecified atom stereocenters. The lowest BCUT2D eigenvalue weighted by Gasteiger charge is -2.24. The maximum atomic E-state index is 5.58. The van der Waals surface area contributed by atoms with Crippen LogP contribution in [0, 0.1) is 6.92 Å². The van der Waals surface area contributed by atoms with Crippen molar-refractivity contribution in [2.45, 2.75) is 52.6 Å². The van der Waals surface area contributed by atoms with Crippen LogP contribution in [0.3, 0.4) is 0 Å². The average Bonchev–Trinajstić information content (AvgIpc) is 3.15. The van der Waals surface area contributed by atoms with Crippen LogP contribution < -0.4 is 4.90 Å². The Morgan fingerprint density at radius 1 is 1.35 bits per heavy atom. The van der Waals surface area contributed by atoms with E-state index in [-0.39, 0.29) is 0 Å². The lowest BCUT2D eigenvalue weighted by atomic mass is 10.2. The second-order valence-corrected chi connectivity index (χ2v) is 5.40. The minimum absolute atomic E-state index is 0.593. The van der Waals surface area contributed by atoms with E-state index in [0.717, 1.165) is 42.6 Å². The third-order valence-corrected chi connectivity index (χ3v) is 4.22. The van der Waals surface area contributed by atoms with Gasteiger partial charge in [0.15, 0.2) is 5.76 Å². The van der Waals surface area contributed by atoms with Gasteiger partial charge >= 0.3 is 0 Å². The fraction of sp³-hybridized carbons (Fsp3) is 0.600. The molecule has 1 fully saturated rings. The van der Waals surface area contributed by atoms with Crippen molar-refractivity contribution in [3.05, 3.63) is 17.9 Å². The molecule has 5 nitrogen and oxygen atoms in total. The van der Waals surface area contributed by atoms with Crippen molar-refractivity contribution in [3.8, 4) is 11.6 Å². The molecule has 108 valence electrons. The fourth-order valence-corrected chi connectivity index (χ4v) is 3.09. The summed E-state index contributed by atoms with van der Waals surface area (Å²) in [5.41, 5.74) is 1.10. The molecule has 0 aromatic carbocycles. The largest absolute Gasteiger partial charge is 0.461 e. The highest BCUT2D eigenvalue weighted by Crippen LogP contribution is 2.30. The lowest BCUT2D eigenvalue weighted by Crippen LogP contribution is -2.31. The van der Waals surface area contributed by atoms with Crippen LogP contribution >= 0.6 is 0 Å². The summed E-state index contributed by atoms with van der Waals surface area (Å²) in [4.78, 5) is 2.40. The predicted octanol–water partition coefficient (Wildman–Crippen LogP) is 3.25. The smallest absolute Gasteiger partial charge is 0.227 e. The molecular formula is C15H22N4O. The molecule has 20 heavy (non-hydrogen) atoms. The second-order valence-electron chi connectivity index (χ2n) is 5.40. The highest BCUT2D eigenvalue weighted by molar-refractivity contribution is 5.55. The van der Waals surface area contributed by atoms with Crippen LogP contribution in [-0.4, -0.2) is 27.4 Å². The Hall–Kier alpha value is -1.78. The van der Waals surface area contributed by atoms with Crippen LogP contribution in [0.1, 0.15) is 38.7 Å². The minimum atomic E-state index is 0.593. The Kier molecular flexibility index (Phi) is 3.51. The van der Waals surface area contributed by atoms with Crippen molar-refractivity contribution < 1.29 is 4.42 Å². The Bertz CT molecular complexity index is 586. The Labute approximate surface area is 119 Å². The number of hydrogen-bond donors (Lipinski definition) is 0. The maximum Gasteiger partial charge on any atom is 0.227 e. The quantitative estimate of drug-likeness (QED) is 0.858. The van der Waals surface area contributed by atoms with E-state index >= 15 is 0 Å². The monoisotopic (exact) mass is 274 g/mol. The van der Waals surface area contributed by atoms with Crippen LogP contribution in [0.25, 0.3) is 11.6 Å². The van der Waals surface area contributed by atoms with Crippen molar-refractivity contribution in [3.63, 3.8) is 0 Å². The summed E-state index contributed by atoms with van der Waals surface area (Å²) in [5.74, 6) is 2.66. The minimum Gasteiger partial charge on any atom is -0.461 e. The van der Waals surface area contributed by atoms with Crippen LogP contribution in [0.2, 0.25) is 0 Å². The van der Waals surface area contributed by atoms with E-state index in [4.69, 9.17) is 4.42 Å². The molecule has 0 saturated carbocycles. The van der Waals surface area contributed by atoms with Gasteiger partial charge in [-0.1, -0.05) is 6.92 Å². The van der Waals surface area contributed by atoms with E-state index in [0.29, 0.717) is 6.04 Å². The van der Waals surface area contributed by atoms with E-state index in [1.165, 1.54) is 12.8 Å². The van der Waals surface area contributed by atoms with Gasteiger partial charge in [0.1, 0.15) is 0 Å². The summed E-state index contributed by atoms with van der Waals surface area (Å²) >= 11 is 0. The number of furan rings is 1. The Morgan fingerprint density at radius 3 is 2.85 bits per heavy atom. The molecule has 0 radical (unpaired) electrons. The molecule has 1 aliphatic rings. The standard InChI is InChI=1S/C15H22N4O/c1-4-12-7-6-9-19(12)15-17-16-14(18(15)5-2)13-11(3)8-10-20-13/h8,10,12H,4-7,9H2,1-3H3. The molecule has 2 aromatic heterocycles. The third-order valence-electron chi connectivity index (χ3n) is 4.22. The molecule has 1 saturated heterocycles. The molecule has 0 bridgehead atoms. The molecule has 2 aromatic rings. The number of aryl methyl sites for hydroxylation is 1. The zero-order chi connectivity index (χ0) is 14.1. The number of hydrogen-bond acceptors (Lipinski definition) is 4. The van der Waals surface area contributed by atoms with Crippen LogP contribution in [0.15, 0.2) is 16.7 Å². The zero-order valence-corrected chi connectivity index (χ0v) is 12.5. The van der Waals surface area contributed by atoms with E-state index in [1.807, 2.05) is 13.0 Å². The fourth-order valence-electron chi connectivity index (χ4n) is 3.09. The van der Waals surface area contributed by atoms with Gasteiger partial charge in [0.25, 0.3) is 0 Å². The summed E-state index contributed by atoms with van der Waals surface area (Å²) in [5, 5.41) is 8.82. The lowest BCUT2D eigenvalue weighted by molar-refractivity contribution is 0.566. The molecule has 0 spiro atoms. The number of aromatic nitrogens is 3. The van der Waals surface area contributed by atoms with Crippen LogP contribution in [0.5, 0.6) is 0 Å². The van der Waals surface area contributed by atoms with Gasteiger partial charge in [0, 0.05) is 19.1 Å². The highest BCUT2D eigenvalue weighted by atomic mass is 16.3. The number of rotatable bonds is 4. The van der Waals surface area contributed by atoms with E-state index in [9.17, 15) is 0 Å². The first-order chi connectivity index (χ1) is 9.76. The van der Waals surface area contributed by atoms with Gasteiger partial charge in [0.05, 0.1) is 6.26 Å². The topological polar surface area (TPSA) is 47.1 Å². The summed E-state index contributed by atoms with van der Waals surface area (Å²) in [7, 11) is 0. The van der Waals surface area contributed by atoms with E-state index in [1.54, 1.807) is 6.26 Å². The first kappa shape index (κ1) is 13.2. The van der Waals surface area contributed by atoms with Crippen LogP contribution in [-0.2, 0) is 6.54 Å². The van der Waals surface area contributed by atoms with Gasteiger partial charge in [-0.2, -0.15) is 0 Å². The first-order valence-electron chi connectivity index (χ1n) is 7.50. The van der Waals surface area contributed by atoms with E-state index in [2.05, 4.69) is 33.5 Å². The molecule has 0 N–H and O–H groups in total. The molecule has 1 aliphatic heterocycles. The van der Waals surface area contributed by atoms with Crippen molar-refractivity contribution in [1.29, 1.82) is 0 Å². The molecule has 0 aliphatic carbocycles. The van der Waals surface area contributed by atoms with Crippen molar-refractivity contribution in [2.75, 3.05) is 11.4 Å².